The lowest BCUT2D eigenvalue weighted by Crippen LogP contribution is -2.30. The minimum atomic E-state index is -3.51. The predicted octanol–water partition coefficient (Wildman–Crippen LogP) is 1.40. The van der Waals surface area contributed by atoms with Crippen molar-refractivity contribution in [2.45, 2.75) is 25.2 Å². The molecule has 1 fully saturated rings. The van der Waals surface area contributed by atoms with E-state index >= 15 is 0 Å². The molecule has 0 spiro atoms. The van der Waals surface area contributed by atoms with Crippen molar-refractivity contribution in [2.75, 3.05) is 18.8 Å². The van der Waals surface area contributed by atoms with E-state index < -0.39 is 10.0 Å². The van der Waals surface area contributed by atoms with E-state index in [9.17, 15) is 13.5 Å². The molecule has 0 saturated carbocycles. The Bertz CT molecular complexity index is 567. The lowest BCUT2D eigenvalue weighted by Gasteiger charge is -2.19. The maximum absolute atomic E-state index is 12.4. The number of nitrogens with two attached hydrogens (primary N) is 1. The van der Waals surface area contributed by atoms with Crippen LogP contribution in [0.2, 0.25) is 0 Å². The van der Waals surface area contributed by atoms with Crippen LogP contribution in [0.1, 0.15) is 20.3 Å². The van der Waals surface area contributed by atoms with Crippen LogP contribution >= 0.6 is 0 Å². The van der Waals surface area contributed by atoms with Crippen molar-refractivity contribution < 1.29 is 13.5 Å². The summed E-state index contributed by atoms with van der Waals surface area (Å²) in [4.78, 5) is 0.135. The highest BCUT2D eigenvalue weighted by molar-refractivity contribution is 7.89. The van der Waals surface area contributed by atoms with Gasteiger partial charge in [-0.05, 0) is 30.0 Å². The number of anilines is 1. The quantitative estimate of drug-likeness (QED) is 0.628. The molecule has 6 heteroatoms. The van der Waals surface area contributed by atoms with Gasteiger partial charge in [0.1, 0.15) is 5.75 Å². The molecule has 0 radical (unpaired) electrons. The molecule has 3 N–H and O–H groups in total. The summed E-state index contributed by atoms with van der Waals surface area (Å²) in [6.45, 7) is 5.13. The standard InChI is InChI=1S/C12H18N2O3S/c1-12(2)5-6-14(8-12)18(16,17)9-3-4-11(15)10(13)7-9/h3-4,7,15H,5-6,8,13H2,1-2H3. The number of sulfonamides is 1. The molecular weight excluding hydrogens is 252 g/mol. The highest BCUT2D eigenvalue weighted by Gasteiger charge is 2.36. The van der Waals surface area contributed by atoms with Crippen LogP contribution in [0, 0.1) is 5.41 Å². The van der Waals surface area contributed by atoms with Crippen molar-refractivity contribution in [3.8, 4) is 5.75 Å². The smallest absolute Gasteiger partial charge is 0.243 e. The van der Waals surface area contributed by atoms with Gasteiger partial charge in [-0.15, -0.1) is 0 Å². The maximum atomic E-state index is 12.4. The van der Waals surface area contributed by atoms with E-state index in [1.807, 2.05) is 13.8 Å². The van der Waals surface area contributed by atoms with Crippen LogP contribution in [0.15, 0.2) is 23.1 Å². The SMILES string of the molecule is CC1(C)CCN(S(=O)(=O)c2ccc(O)c(N)c2)C1. The van der Waals surface area contributed by atoms with Crippen molar-refractivity contribution in [1.29, 1.82) is 0 Å². The molecule has 2 rings (SSSR count). The van der Waals surface area contributed by atoms with E-state index in [0.29, 0.717) is 13.1 Å². The summed E-state index contributed by atoms with van der Waals surface area (Å²) in [6, 6.07) is 3.99. The first-order chi connectivity index (χ1) is 8.22. The number of hydrogen-bond donors (Lipinski definition) is 2. The molecule has 0 aliphatic carbocycles. The van der Waals surface area contributed by atoms with Crippen LogP contribution in [0.4, 0.5) is 5.69 Å². The van der Waals surface area contributed by atoms with Gasteiger partial charge < -0.3 is 10.8 Å². The molecule has 1 aromatic carbocycles. The summed E-state index contributed by atoms with van der Waals surface area (Å²) in [5, 5.41) is 9.32. The summed E-state index contributed by atoms with van der Waals surface area (Å²) in [6.07, 6.45) is 0.847. The Morgan fingerprint density at radius 2 is 2.06 bits per heavy atom. The van der Waals surface area contributed by atoms with Crippen LogP contribution in [0.3, 0.4) is 0 Å². The highest BCUT2D eigenvalue weighted by Crippen LogP contribution is 2.33. The molecule has 0 aromatic heterocycles. The van der Waals surface area contributed by atoms with Gasteiger partial charge in [-0.3, -0.25) is 0 Å². The van der Waals surface area contributed by atoms with Crippen LogP contribution in [0.5, 0.6) is 5.75 Å². The molecule has 5 nitrogen and oxygen atoms in total. The Kier molecular flexibility index (Phi) is 3.03. The van der Waals surface area contributed by atoms with Gasteiger partial charge in [-0.25, -0.2) is 8.42 Å². The van der Waals surface area contributed by atoms with Crippen LogP contribution in [-0.4, -0.2) is 30.9 Å². The molecule has 0 bridgehead atoms. The molecule has 1 heterocycles. The Labute approximate surface area is 107 Å². The number of nitrogen functional groups attached to an aromatic ring is 1. The molecule has 1 aliphatic rings. The summed E-state index contributed by atoms with van der Waals surface area (Å²) < 4.78 is 26.2. The first kappa shape index (κ1) is 13.2. The minimum absolute atomic E-state index is 0.00946. The number of benzene rings is 1. The van der Waals surface area contributed by atoms with Gasteiger partial charge in [0.05, 0.1) is 10.6 Å². The lowest BCUT2D eigenvalue weighted by molar-refractivity contribution is 0.375. The van der Waals surface area contributed by atoms with Crippen molar-refractivity contribution in [1.82, 2.24) is 4.31 Å². The molecule has 0 unspecified atom stereocenters. The highest BCUT2D eigenvalue weighted by atomic mass is 32.2. The van der Waals surface area contributed by atoms with Crippen LogP contribution < -0.4 is 5.73 Å². The second kappa shape index (κ2) is 4.13. The number of phenols is 1. The summed E-state index contributed by atoms with van der Waals surface area (Å²) in [5.41, 5.74) is 5.62. The molecule has 0 amide bonds. The average Bonchev–Trinajstić information content (AvgIpc) is 2.63. The first-order valence-corrected chi connectivity index (χ1v) is 7.25. The van der Waals surface area contributed by atoms with Crippen LogP contribution in [-0.2, 0) is 10.0 Å². The fourth-order valence-corrected chi connectivity index (χ4v) is 3.78. The molecule has 100 valence electrons. The van der Waals surface area contributed by atoms with Crippen molar-refractivity contribution in [3.63, 3.8) is 0 Å². The summed E-state index contributed by atoms with van der Waals surface area (Å²) in [7, 11) is -3.51. The van der Waals surface area contributed by atoms with E-state index in [1.165, 1.54) is 22.5 Å². The number of rotatable bonds is 2. The van der Waals surface area contributed by atoms with Crippen LogP contribution in [0.25, 0.3) is 0 Å². The van der Waals surface area contributed by atoms with E-state index in [4.69, 9.17) is 5.73 Å². The third kappa shape index (κ3) is 2.30. The maximum Gasteiger partial charge on any atom is 0.243 e. The van der Waals surface area contributed by atoms with E-state index in [1.54, 1.807) is 0 Å². The normalized spacial score (nSPS) is 20.1. The first-order valence-electron chi connectivity index (χ1n) is 5.81. The van der Waals surface area contributed by atoms with Gasteiger partial charge in [0.2, 0.25) is 10.0 Å². The summed E-state index contributed by atoms with van der Waals surface area (Å²) >= 11 is 0. The Balaban J connectivity index is 2.34. The molecule has 18 heavy (non-hydrogen) atoms. The molecular formula is C12H18N2O3S. The van der Waals surface area contributed by atoms with E-state index in [0.717, 1.165) is 6.42 Å². The molecule has 1 aliphatic heterocycles. The van der Waals surface area contributed by atoms with Crippen molar-refractivity contribution >= 4 is 15.7 Å². The number of nitrogens with zero attached hydrogens (tertiary/aromatic N) is 1. The molecule has 1 saturated heterocycles. The molecule has 1 aromatic rings. The van der Waals surface area contributed by atoms with Gasteiger partial charge in [0.25, 0.3) is 0 Å². The zero-order valence-electron chi connectivity index (χ0n) is 10.5. The monoisotopic (exact) mass is 270 g/mol. The van der Waals surface area contributed by atoms with Gasteiger partial charge in [-0.1, -0.05) is 13.8 Å². The second-order valence-electron chi connectivity index (χ2n) is 5.47. The van der Waals surface area contributed by atoms with Gasteiger partial charge in [-0.2, -0.15) is 4.31 Å². The fourth-order valence-electron chi connectivity index (χ4n) is 2.11. The van der Waals surface area contributed by atoms with E-state index in [2.05, 4.69) is 0 Å². The Morgan fingerprint density at radius 3 is 2.56 bits per heavy atom. The van der Waals surface area contributed by atoms with E-state index in [-0.39, 0.29) is 21.7 Å². The van der Waals surface area contributed by atoms with Crippen molar-refractivity contribution in [3.05, 3.63) is 18.2 Å². The third-order valence-electron chi connectivity index (χ3n) is 3.28. The number of phenolic OH excluding ortho intramolecular Hbond substituents is 1. The Morgan fingerprint density at radius 1 is 1.39 bits per heavy atom. The summed E-state index contributed by atoms with van der Waals surface area (Å²) in [5.74, 6) is -0.101. The Hall–Kier alpha value is -1.27. The minimum Gasteiger partial charge on any atom is -0.506 e. The van der Waals surface area contributed by atoms with Gasteiger partial charge >= 0.3 is 0 Å². The second-order valence-corrected chi connectivity index (χ2v) is 7.41. The number of aromatic hydroxyl groups is 1. The average molecular weight is 270 g/mol. The fraction of sp³-hybridized carbons (Fsp3) is 0.500. The largest absolute Gasteiger partial charge is 0.506 e. The predicted molar refractivity (Wildman–Crippen MR) is 69.7 cm³/mol. The number of hydrogen-bond acceptors (Lipinski definition) is 4. The topological polar surface area (TPSA) is 83.6 Å². The van der Waals surface area contributed by atoms with Gasteiger partial charge in [0.15, 0.2) is 0 Å². The zero-order valence-corrected chi connectivity index (χ0v) is 11.4. The molecule has 0 atom stereocenters. The van der Waals surface area contributed by atoms with Gasteiger partial charge in [0, 0.05) is 13.1 Å². The van der Waals surface area contributed by atoms with Crippen molar-refractivity contribution in [2.24, 2.45) is 5.41 Å². The lowest BCUT2D eigenvalue weighted by atomic mass is 9.93. The third-order valence-corrected chi connectivity index (χ3v) is 5.12. The zero-order chi connectivity index (χ0) is 13.6.